The van der Waals surface area contributed by atoms with E-state index in [1.807, 2.05) is 19.9 Å². The average Bonchev–Trinajstić information content (AvgIpc) is 2.80. The molecular formula is C16H23NO3S. The van der Waals surface area contributed by atoms with E-state index in [1.54, 1.807) is 11.3 Å². The second kappa shape index (κ2) is 7.07. The van der Waals surface area contributed by atoms with E-state index in [2.05, 4.69) is 12.2 Å². The molecule has 0 saturated heterocycles. The summed E-state index contributed by atoms with van der Waals surface area (Å²) in [6.07, 6.45) is 3.45. The molecule has 0 spiro atoms. The summed E-state index contributed by atoms with van der Waals surface area (Å²) in [4.78, 5) is 25.6. The number of nitrogens with one attached hydrogen (secondary N) is 1. The van der Waals surface area contributed by atoms with Crippen LogP contribution in [0.5, 0.6) is 0 Å². The van der Waals surface area contributed by atoms with E-state index in [9.17, 15) is 9.59 Å². The van der Waals surface area contributed by atoms with Crippen molar-refractivity contribution in [1.82, 2.24) is 5.32 Å². The molecule has 1 aliphatic carbocycles. The number of aryl methyl sites for hydroxylation is 1. The van der Waals surface area contributed by atoms with Crippen LogP contribution in [-0.2, 0) is 22.4 Å². The number of rotatable bonds is 5. The first-order valence-electron chi connectivity index (χ1n) is 7.55. The van der Waals surface area contributed by atoms with Crippen LogP contribution in [0.4, 0.5) is 0 Å². The molecule has 0 fully saturated rings. The van der Waals surface area contributed by atoms with Crippen LogP contribution in [-0.4, -0.2) is 24.5 Å². The maximum atomic E-state index is 12.1. The molecule has 0 saturated carbocycles. The average molecular weight is 309 g/mol. The summed E-state index contributed by atoms with van der Waals surface area (Å²) >= 11 is 1.59. The van der Waals surface area contributed by atoms with Crippen molar-refractivity contribution in [3.05, 3.63) is 21.4 Å². The minimum absolute atomic E-state index is 0.0839. The first-order chi connectivity index (χ1) is 9.95. The van der Waals surface area contributed by atoms with Crippen LogP contribution < -0.4 is 5.32 Å². The number of carbonyl (C=O) groups excluding carboxylic acids is 2. The molecule has 0 unspecified atom stereocenters. The zero-order chi connectivity index (χ0) is 15.4. The SMILES string of the molecule is CC(C)OC(=O)CCNC(=O)c1cc2c(s1)CC[C@@H](C)C2. The van der Waals surface area contributed by atoms with Gasteiger partial charge in [-0.2, -0.15) is 0 Å². The molecule has 1 aromatic rings. The van der Waals surface area contributed by atoms with E-state index >= 15 is 0 Å². The maximum Gasteiger partial charge on any atom is 0.307 e. The van der Waals surface area contributed by atoms with E-state index < -0.39 is 0 Å². The zero-order valence-electron chi connectivity index (χ0n) is 12.9. The Labute approximate surface area is 129 Å². The van der Waals surface area contributed by atoms with Gasteiger partial charge < -0.3 is 10.1 Å². The van der Waals surface area contributed by atoms with E-state index in [0.29, 0.717) is 12.5 Å². The molecule has 0 aromatic carbocycles. The standard InChI is InChI=1S/C16H23NO3S/c1-10(2)20-15(18)6-7-17-16(19)14-9-12-8-11(3)4-5-13(12)21-14/h9-11H,4-8H2,1-3H3,(H,17,19)/t11-/m1/s1. The third-order valence-corrected chi connectivity index (χ3v) is 4.77. The zero-order valence-corrected chi connectivity index (χ0v) is 13.7. The van der Waals surface area contributed by atoms with Gasteiger partial charge in [0, 0.05) is 11.4 Å². The summed E-state index contributed by atoms with van der Waals surface area (Å²) in [5.41, 5.74) is 1.32. The third kappa shape index (κ3) is 4.56. The first-order valence-corrected chi connectivity index (χ1v) is 8.36. The van der Waals surface area contributed by atoms with Crippen LogP contribution >= 0.6 is 11.3 Å². The Morgan fingerprint density at radius 1 is 1.48 bits per heavy atom. The Kier molecular flexibility index (Phi) is 5.39. The van der Waals surface area contributed by atoms with Gasteiger partial charge in [0.15, 0.2) is 0 Å². The number of hydrogen-bond acceptors (Lipinski definition) is 4. The minimum Gasteiger partial charge on any atom is -0.463 e. The Bertz CT molecular complexity index is 522. The number of thiophene rings is 1. The Morgan fingerprint density at radius 3 is 2.95 bits per heavy atom. The second-order valence-corrected chi connectivity index (χ2v) is 7.09. The van der Waals surface area contributed by atoms with Gasteiger partial charge in [-0.05, 0) is 50.7 Å². The van der Waals surface area contributed by atoms with Gasteiger partial charge in [0.2, 0.25) is 0 Å². The fourth-order valence-corrected chi connectivity index (χ4v) is 3.63. The molecule has 0 bridgehead atoms. The third-order valence-electron chi connectivity index (χ3n) is 3.53. The molecule has 1 amide bonds. The van der Waals surface area contributed by atoms with E-state index in [0.717, 1.165) is 17.7 Å². The molecule has 2 rings (SSSR count). The molecule has 1 N–H and O–H groups in total. The number of carbonyl (C=O) groups is 2. The van der Waals surface area contributed by atoms with Crippen molar-refractivity contribution >= 4 is 23.2 Å². The number of amides is 1. The monoisotopic (exact) mass is 309 g/mol. The predicted molar refractivity (Wildman–Crippen MR) is 83.7 cm³/mol. The fraction of sp³-hybridized carbons (Fsp3) is 0.625. The summed E-state index contributed by atoms with van der Waals surface area (Å²) in [5, 5.41) is 2.79. The molecule has 4 nitrogen and oxygen atoms in total. The highest BCUT2D eigenvalue weighted by Gasteiger charge is 2.20. The number of esters is 1. The number of hydrogen-bond donors (Lipinski definition) is 1. The lowest BCUT2D eigenvalue weighted by molar-refractivity contribution is -0.147. The van der Waals surface area contributed by atoms with E-state index in [4.69, 9.17) is 4.74 Å². The molecule has 0 aliphatic heterocycles. The van der Waals surface area contributed by atoms with Crippen molar-refractivity contribution in [2.45, 2.75) is 52.6 Å². The summed E-state index contributed by atoms with van der Waals surface area (Å²) in [6.45, 7) is 6.20. The molecule has 1 aromatic heterocycles. The molecule has 116 valence electrons. The molecule has 0 radical (unpaired) electrons. The smallest absolute Gasteiger partial charge is 0.307 e. The van der Waals surface area contributed by atoms with E-state index in [1.165, 1.54) is 16.9 Å². The van der Waals surface area contributed by atoms with Gasteiger partial charge in [-0.15, -0.1) is 11.3 Å². The quantitative estimate of drug-likeness (QED) is 0.851. The number of ether oxygens (including phenoxy) is 1. The van der Waals surface area contributed by atoms with Gasteiger partial charge in [-0.3, -0.25) is 9.59 Å². The minimum atomic E-state index is -0.274. The highest BCUT2D eigenvalue weighted by Crippen LogP contribution is 2.32. The Balaban J connectivity index is 1.83. The van der Waals surface area contributed by atoms with Crippen LogP contribution in [0, 0.1) is 5.92 Å². The van der Waals surface area contributed by atoms with Crippen LogP contribution in [0.15, 0.2) is 6.07 Å². The maximum absolute atomic E-state index is 12.1. The summed E-state index contributed by atoms with van der Waals surface area (Å²) in [6, 6.07) is 2.01. The molecule has 5 heteroatoms. The van der Waals surface area contributed by atoms with Gasteiger partial charge in [0.25, 0.3) is 5.91 Å². The molecular weight excluding hydrogens is 286 g/mol. The van der Waals surface area contributed by atoms with Crippen molar-refractivity contribution < 1.29 is 14.3 Å². The predicted octanol–water partition coefficient (Wildman–Crippen LogP) is 2.94. The normalized spacial score (nSPS) is 17.4. The highest BCUT2D eigenvalue weighted by atomic mass is 32.1. The molecule has 1 heterocycles. The van der Waals surface area contributed by atoms with Crippen LogP contribution in [0.25, 0.3) is 0 Å². The van der Waals surface area contributed by atoms with Gasteiger partial charge in [0.1, 0.15) is 0 Å². The van der Waals surface area contributed by atoms with Gasteiger partial charge in [-0.1, -0.05) is 6.92 Å². The Hall–Kier alpha value is -1.36. The lowest BCUT2D eigenvalue weighted by Crippen LogP contribution is -2.26. The number of fused-ring (bicyclic) bond motifs is 1. The van der Waals surface area contributed by atoms with Crippen LogP contribution in [0.3, 0.4) is 0 Å². The van der Waals surface area contributed by atoms with Gasteiger partial charge in [0.05, 0.1) is 17.4 Å². The van der Waals surface area contributed by atoms with Gasteiger partial charge in [-0.25, -0.2) is 0 Å². The van der Waals surface area contributed by atoms with Crippen molar-refractivity contribution in [3.63, 3.8) is 0 Å². The first kappa shape index (κ1) is 16.0. The van der Waals surface area contributed by atoms with Crippen molar-refractivity contribution in [3.8, 4) is 0 Å². The largest absolute Gasteiger partial charge is 0.463 e. The highest BCUT2D eigenvalue weighted by molar-refractivity contribution is 7.14. The van der Waals surface area contributed by atoms with Crippen molar-refractivity contribution in [2.75, 3.05) is 6.54 Å². The van der Waals surface area contributed by atoms with Crippen LogP contribution in [0.1, 0.15) is 53.7 Å². The van der Waals surface area contributed by atoms with Crippen LogP contribution in [0.2, 0.25) is 0 Å². The molecule has 21 heavy (non-hydrogen) atoms. The Morgan fingerprint density at radius 2 is 2.24 bits per heavy atom. The van der Waals surface area contributed by atoms with E-state index in [-0.39, 0.29) is 24.4 Å². The summed E-state index contributed by atoms with van der Waals surface area (Å²) in [5.74, 6) is 0.345. The lowest BCUT2D eigenvalue weighted by atomic mass is 9.90. The molecule has 1 aliphatic rings. The lowest BCUT2D eigenvalue weighted by Gasteiger charge is -2.16. The fourth-order valence-electron chi connectivity index (χ4n) is 2.50. The summed E-state index contributed by atoms with van der Waals surface area (Å²) in [7, 11) is 0. The van der Waals surface area contributed by atoms with Crippen molar-refractivity contribution in [2.24, 2.45) is 5.92 Å². The van der Waals surface area contributed by atoms with Crippen molar-refractivity contribution in [1.29, 1.82) is 0 Å². The topological polar surface area (TPSA) is 55.4 Å². The van der Waals surface area contributed by atoms with Gasteiger partial charge >= 0.3 is 5.97 Å². The summed E-state index contributed by atoms with van der Waals surface area (Å²) < 4.78 is 5.03. The second-order valence-electron chi connectivity index (χ2n) is 5.95. The molecule has 1 atom stereocenters.